The van der Waals surface area contributed by atoms with Crippen molar-refractivity contribution < 1.29 is 4.74 Å². The van der Waals surface area contributed by atoms with Gasteiger partial charge in [-0.05, 0) is 30.7 Å². The first kappa shape index (κ1) is 13.0. The van der Waals surface area contributed by atoms with Gasteiger partial charge in [0, 0.05) is 12.5 Å². The highest BCUT2D eigenvalue weighted by Crippen LogP contribution is 2.14. The molecule has 0 fully saturated rings. The predicted molar refractivity (Wildman–Crippen MR) is 69.0 cm³/mol. The molecule has 0 aliphatic heterocycles. The third-order valence-corrected chi connectivity index (χ3v) is 2.58. The molecular formula is C14H23NO. The van der Waals surface area contributed by atoms with Crippen LogP contribution < -0.4 is 10.1 Å². The molecular weight excluding hydrogens is 198 g/mol. The summed E-state index contributed by atoms with van der Waals surface area (Å²) in [7, 11) is 0. The maximum atomic E-state index is 5.77. The lowest BCUT2D eigenvalue weighted by atomic mass is 10.1. The van der Waals surface area contributed by atoms with Crippen LogP contribution in [0.3, 0.4) is 0 Å². The number of benzene rings is 1. The molecule has 0 aromatic heterocycles. The van der Waals surface area contributed by atoms with Crippen LogP contribution in [-0.2, 0) is 6.42 Å². The molecule has 1 atom stereocenters. The minimum atomic E-state index is 0.547. The Morgan fingerprint density at radius 3 is 2.81 bits per heavy atom. The average molecular weight is 221 g/mol. The van der Waals surface area contributed by atoms with E-state index in [1.165, 1.54) is 5.56 Å². The van der Waals surface area contributed by atoms with E-state index in [1.807, 2.05) is 6.07 Å². The molecule has 1 aromatic carbocycles. The van der Waals surface area contributed by atoms with Gasteiger partial charge >= 0.3 is 0 Å². The van der Waals surface area contributed by atoms with Gasteiger partial charge in [0.2, 0.25) is 0 Å². The Hall–Kier alpha value is -1.02. The highest BCUT2D eigenvalue weighted by atomic mass is 16.5. The molecule has 16 heavy (non-hydrogen) atoms. The van der Waals surface area contributed by atoms with Crippen molar-refractivity contribution in [1.82, 2.24) is 5.32 Å². The molecule has 0 bridgehead atoms. The number of ether oxygens (including phenoxy) is 1. The lowest BCUT2D eigenvalue weighted by Crippen LogP contribution is -2.24. The fourth-order valence-electron chi connectivity index (χ4n) is 1.54. The first-order chi connectivity index (χ1) is 7.76. The summed E-state index contributed by atoms with van der Waals surface area (Å²) in [5.74, 6) is 1.54. The lowest BCUT2D eigenvalue weighted by molar-refractivity contribution is 0.256. The highest BCUT2D eigenvalue weighted by molar-refractivity contribution is 5.28. The zero-order valence-electron chi connectivity index (χ0n) is 10.6. The number of hydrogen-bond donors (Lipinski definition) is 1. The van der Waals surface area contributed by atoms with Crippen LogP contribution in [0.2, 0.25) is 0 Å². The average Bonchev–Trinajstić information content (AvgIpc) is 2.34. The fraction of sp³-hybridized carbons (Fsp3) is 0.571. The molecule has 0 aliphatic rings. The van der Waals surface area contributed by atoms with E-state index >= 15 is 0 Å². The summed E-state index contributed by atoms with van der Waals surface area (Å²) in [6.07, 6.45) is 1.06. The zero-order chi connectivity index (χ0) is 11.8. The summed E-state index contributed by atoms with van der Waals surface area (Å²) < 4.78 is 5.77. The first-order valence-corrected chi connectivity index (χ1v) is 6.18. The Bertz CT molecular complexity index is 299. The van der Waals surface area contributed by atoms with Gasteiger partial charge in [-0.3, -0.25) is 0 Å². The topological polar surface area (TPSA) is 21.3 Å². The van der Waals surface area contributed by atoms with Crippen LogP contribution in [0.25, 0.3) is 0 Å². The van der Waals surface area contributed by atoms with Crippen LogP contribution in [-0.4, -0.2) is 19.7 Å². The fourth-order valence-corrected chi connectivity index (χ4v) is 1.54. The summed E-state index contributed by atoms with van der Waals surface area (Å²) in [5.41, 5.74) is 1.33. The minimum absolute atomic E-state index is 0.547. The van der Waals surface area contributed by atoms with E-state index in [0.717, 1.165) is 31.9 Å². The van der Waals surface area contributed by atoms with E-state index in [9.17, 15) is 0 Å². The Morgan fingerprint density at radius 2 is 2.12 bits per heavy atom. The molecule has 0 heterocycles. The lowest BCUT2D eigenvalue weighted by Gasteiger charge is -2.13. The molecule has 90 valence electrons. The molecule has 0 radical (unpaired) electrons. The quantitative estimate of drug-likeness (QED) is 0.764. The van der Waals surface area contributed by atoms with Gasteiger partial charge in [0.1, 0.15) is 5.75 Å². The van der Waals surface area contributed by atoms with E-state index in [1.54, 1.807) is 0 Å². The maximum Gasteiger partial charge on any atom is 0.119 e. The molecule has 0 saturated heterocycles. The molecule has 1 unspecified atom stereocenters. The SMILES string of the molecule is CCNCC(C)COc1cccc(CC)c1. The molecule has 0 spiro atoms. The van der Waals surface area contributed by atoms with Gasteiger partial charge in [-0.25, -0.2) is 0 Å². The summed E-state index contributed by atoms with van der Waals surface area (Å²) in [4.78, 5) is 0. The van der Waals surface area contributed by atoms with Gasteiger partial charge in [0.25, 0.3) is 0 Å². The van der Waals surface area contributed by atoms with Crippen LogP contribution >= 0.6 is 0 Å². The van der Waals surface area contributed by atoms with Crippen LogP contribution in [0.4, 0.5) is 0 Å². The second kappa shape index (κ2) is 7.29. The Balaban J connectivity index is 2.35. The van der Waals surface area contributed by atoms with Crippen molar-refractivity contribution in [2.75, 3.05) is 19.7 Å². The molecule has 0 aliphatic carbocycles. The number of nitrogens with one attached hydrogen (secondary N) is 1. The van der Waals surface area contributed by atoms with Crippen LogP contribution in [0.1, 0.15) is 26.3 Å². The molecule has 2 nitrogen and oxygen atoms in total. The van der Waals surface area contributed by atoms with Gasteiger partial charge < -0.3 is 10.1 Å². The van der Waals surface area contributed by atoms with Crippen molar-refractivity contribution in [2.45, 2.75) is 27.2 Å². The summed E-state index contributed by atoms with van der Waals surface area (Å²) >= 11 is 0. The van der Waals surface area contributed by atoms with Crippen LogP contribution in [0.5, 0.6) is 5.75 Å². The van der Waals surface area contributed by atoms with E-state index in [-0.39, 0.29) is 0 Å². The monoisotopic (exact) mass is 221 g/mol. The summed E-state index contributed by atoms with van der Waals surface area (Å²) in [6, 6.07) is 8.34. The van der Waals surface area contributed by atoms with Gasteiger partial charge in [0.05, 0.1) is 6.61 Å². The number of hydrogen-bond acceptors (Lipinski definition) is 2. The van der Waals surface area contributed by atoms with Gasteiger partial charge in [-0.15, -0.1) is 0 Å². The number of aryl methyl sites for hydroxylation is 1. The summed E-state index contributed by atoms with van der Waals surface area (Å²) in [6.45, 7) is 9.30. The van der Waals surface area contributed by atoms with Gasteiger partial charge in [-0.1, -0.05) is 32.9 Å². The summed E-state index contributed by atoms with van der Waals surface area (Å²) in [5, 5.41) is 3.33. The van der Waals surface area contributed by atoms with Crippen LogP contribution in [0.15, 0.2) is 24.3 Å². The van der Waals surface area contributed by atoms with Crippen molar-refractivity contribution >= 4 is 0 Å². The van der Waals surface area contributed by atoms with Gasteiger partial charge in [-0.2, -0.15) is 0 Å². The van der Waals surface area contributed by atoms with Crippen molar-refractivity contribution in [3.63, 3.8) is 0 Å². The molecule has 0 amide bonds. The highest BCUT2D eigenvalue weighted by Gasteiger charge is 2.02. The smallest absolute Gasteiger partial charge is 0.119 e. The molecule has 1 rings (SSSR count). The zero-order valence-corrected chi connectivity index (χ0v) is 10.6. The van der Waals surface area contributed by atoms with E-state index in [2.05, 4.69) is 44.3 Å². The van der Waals surface area contributed by atoms with Crippen LogP contribution in [0, 0.1) is 5.92 Å². The third kappa shape index (κ3) is 4.67. The third-order valence-electron chi connectivity index (χ3n) is 2.58. The molecule has 0 saturated carbocycles. The molecule has 1 aromatic rings. The van der Waals surface area contributed by atoms with Crippen molar-refractivity contribution in [3.8, 4) is 5.75 Å². The second-order valence-corrected chi connectivity index (χ2v) is 4.22. The predicted octanol–water partition coefficient (Wildman–Crippen LogP) is 2.87. The van der Waals surface area contributed by atoms with E-state index in [0.29, 0.717) is 5.92 Å². The Kier molecular flexibility index (Phi) is 5.94. The molecule has 1 N–H and O–H groups in total. The van der Waals surface area contributed by atoms with Crippen molar-refractivity contribution in [3.05, 3.63) is 29.8 Å². The largest absolute Gasteiger partial charge is 0.493 e. The molecule has 2 heteroatoms. The maximum absolute atomic E-state index is 5.77. The first-order valence-electron chi connectivity index (χ1n) is 6.18. The normalized spacial score (nSPS) is 12.4. The van der Waals surface area contributed by atoms with Gasteiger partial charge in [0.15, 0.2) is 0 Å². The van der Waals surface area contributed by atoms with Crippen molar-refractivity contribution in [1.29, 1.82) is 0 Å². The Labute approximate surface area is 99.0 Å². The standard InChI is InChI=1S/C14H23NO/c1-4-13-7-6-8-14(9-13)16-11-12(3)10-15-5-2/h6-9,12,15H,4-5,10-11H2,1-3H3. The minimum Gasteiger partial charge on any atom is -0.493 e. The van der Waals surface area contributed by atoms with E-state index < -0.39 is 0 Å². The van der Waals surface area contributed by atoms with Crippen molar-refractivity contribution in [2.24, 2.45) is 5.92 Å². The number of rotatable bonds is 7. The second-order valence-electron chi connectivity index (χ2n) is 4.22. The Morgan fingerprint density at radius 1 is 1.31 bits per heavy atom. The van der Waals surface area contributed by atoms with E-state index in [4.69, 9.17) is 4.74 Å².